The quantitative estimate of drug-likeness (QED) is 0.130. The first-order valence-electron chi connectivity index (χ1n) is 17.3. The van der Waals surface area contributed by atoms with Gasteiger partial charge in [0, 0.05) is 17.1 Å². The van der Waals surface area contributed by atoms with Crippen molar-refractivity contribution in [1.82, 2.24) is 0 Å². The zero-order chi connectivity index (χ0) is 35.3. The van der Waals surface area contributed by atoms with Crippen molar-refractivity contribution in [3.8, 4) is 11.1 Å². The smallest absolute Gasteiger partial charge is 0.0468 e. The van der Waals surface area contributed by atoms with Crippen LogP contribution in [0.3, 0.4) is 0 Å². The third-order valence-corrected chi connectivity index (χ3v) is 8.91. The van der Waals surface area contributed by atoms with E-state index < -0.39 is 0 Å². The number of aryl methyl sites for hydroxylation is 2. The summed E-state index contributed by atoms with van der Waals surface area (Å²) in [5, 5.41) is 0. The van der Waals surface area contributed by atoms with Crippen molar-refractivity contribution in [1.29, 1.82) is 0 Å². The molecular weight excluding hydrogens is 603 g/mol. The van der Waals surface area contributed by atoms with Crippen LogP contribution in [0.2, 0.25) is 0 Å². The first kappa shape index (κ1) is 35.4. The number of rotatable bonds is 13. The van der Waals surface area contributed by atoms with E-state index in [-0.39, 0.29) is 0 Å². The summed E-state index contributed by atoms with van der Waals surface area (Å²) in [5.74, 6) is 0. The summed E-state index contributed by atoms with van der Waals surface area (Å²) >= 11 is 0. The molecule has 4 aromatic rings. The Morgan fingerprint density at radius 2 is 1.28 bits per heavy atom. The van der Waals surface area contributed by atoms with Gasteiger partial charge in [-0.15, -0.1) is 0 Å². The van der Waals surface area contributed by atoms with Crippen molar-refractivity contribution < 1.29 is 0 Å². The van der Waals surface area contributed by atoms with Crippen molar-refractivity contribution in [3.63, 3.8) is 0 Å². The van der Waals surface area contributed by atoms with Gasteiger partial charge in [-0.05, 0) is 126 Å². The second-order valence-corrected chi connectivity index (χ2v) is 12.2. The van der Waals surface area contributed by atoms with E-state index in [1.165, 1.54) is 33.4 Å². The summed E-state index contributed by atoms with van der Waals surface area (Å²) in [4.78, 5) is 2.33. The van der Waals surface area contributed by atoms with Gasteiger partial charge in [-0.1, -0.05) is 153 Å². The van der Waals surface area contributed by atoms with E-state index in [0.717, 1.165) is 52.2 Å². The lowest BCUT2D eigenvalue weighted by molar-refractivity contribution is 1.03. The maximum atomic E-state index is 4.16. The number of benzene rings is 4. The van der Waals surface area contributed by atoms with Gasteiger partial charge < -0.3 is 4.90 Å². The molecule has 0 fully saturated rings. The molecule has 1 aliphatic rings. The zero-order valence-corrected chi connectivity index (χ0v) is 29.6. The van der Waals surface area contributed by atoms with E-state index in [4.69, 9.17) is 0 Å². The van der Waals surface area contributed by atoms with E-state index in [2.05, 4.69) is 166 Å². The van der Waals surface area contributed by atoms with E-state index in [9.17, 15) is 0 Å². The van der Waals surface area contributed by atoms with Gasteiger partial charge in [0.2, 0.25) is 0 Å². The van der Waals surface area contributed by atoms with Crippen molar-refractivity contribution >= 4 is 35.2 Å². The van der Waals surface area contributed by atoms with Crippen molar-refractivity contribution in [3.05, 3.63) is 216 Å². The molecule has 0 N–H and O–H groups in total. The molecule has 0 radical (unpaired) electrons. The summed E-state index contributed by atoms with van der Waals surface area (Å²) in [5.41, 5.74) is 14.9. The molecule has 0 heterocycles. The summed E-state index contributed by atoms with van der Waals surface area (Å²) in [6.07, 6.45) is 31.3. The van der Waals surface area contributed by atoms with E-state index >= 15 is 0 Å². The fourth-order valence-electron chi connectivity index (χ4n) is 6.32. The lowest BCUT2D eigenvalue weighted by Gasteiger charge is -2.29. The lowest BCUT2D eigenvalue weighted by atomic mass is 9.89. The Labute approximate surface area is 300 Å². The van der Waals surface area contributed by atoms with Crippen LogP contribution in [0.5, 0.6) is 0 Å². The summed E-state index contributed by atoms with van der Waals surface area (Å²) in [6.45, 7) is 18.8. The van der Waals surface area contributed by atoms with Crippen molar-refractivity contribution in [2.24, 2.45) is 0 Å². The predicted octanol–water partition coefficient (Wildman–Crippen LogP) is 14.0. The number of hydrogen-bond donors (Lipinski definition) is 0. The van der Waals surface area contributed by atoms with Gasteiger partial charge >= 0.3 is 0 Å². The highest BCUT2D eigenvalue weighted by molar-refractivity contribution is 5.88. The van der Waals surface area contributed by atoms with Crippen LogP contribution in [0.15, 0.2) is 183 Å². The van der Waals surface area contributed by atoms with Crippen LogP contribution in [0.25, 0.3) is 34.9 Å². The molecule has 248 valence electrons. The average Bonchev–Trinajstić information content (AvgIpc) is 3.15. The minimum atomic E-state index is 0.987. The highest BCUT2D eigenvalue weighted by atomic mass is 15.1. The Hall–Kier alpha value is -5.92. The average molecular weight is 650 g/mol. The Morgan fingerprint density at radius 3 is 2.00 bits per heavy atom. The van der Waals surface area contributed by atoms with Crippen molar-refractivity contribution in [2.45, 2.75) is 33.6 Å². The topological polar surface area (TPSA) is 3.24 Å². The number of allylic oxidation sites excluding steroid dienone is 13. The molecule has 5 rings (SSSR count). The minimum Gasteiger partial charge on any atom is -0.310 e. The Bertz CT molecular complexity index is 2090. The number of nitrogens with zero attached hydrogens (tertiary/aromatic N) is 1. The molecule has 1 nitrogen and oxygen atoms in total. The first-order valence-corrected chi connectivity index (χ1v) is 17.3. The second kappa shape index (κ2) is 17.5. The molecule has 0 amide bonds. The molecule has 0 spiro atoms. The molecule has 4 aromatic carbocycles. The van der Waals surface area contributed by atoms with Crippen LogP contribution in [-0.2, 0) is 0 Å². The van der Waals surface area contributed by atoms with Crippen LogP contribution >= 0.6 is 0 Å². The normalized spacial score (nSPS) is 13.6. The highest BCUT2D eigenvalue weighted by Crippen LogP contribution is 2.40. The molecule has 0 saturated heterocycles. The molecule has 0 aromatic heterocycles. The molecule has 1 heteroatoms. The Kier molecular flexibility index (Phi) is 12.4. The van der Waals surface area contributed by atoms with E-state index in [1.54, 1.807) is 0 Å². The lowest BCUT2D eigenvalue weighted by Crippen LogP contribution is -2.16. The third kappa shape index (κ3) is 8.38. The standard InChI is InChI=1S/C49H47N/c1-7-11-12-13-14-24-41-25-16-17-26-42(41)31-33-43(21-8-2)50(44-32-29-38(6)48(35-44)47-28-20-18-23-39(47)9-3)45-34-30-40(10-4)49(36-45)46-27-19-15-22-37(46)5/h7-17,19,21-36H,2-4,18,20H2,1,5-6H3/b11-7-,13-12-,24-14+,33-31?,43-21+. The van der Waals surface area contributed by atoms with E-state index in [1.807, 2.05) is 49.5 Å². The fourth-order valence-corrected chi connectivity index (χ4v) is 6.32. The minimum absolute atomic E-state index is 0.987. The van der Waals surface area contributed by atoms with Crippen LogP contribution < -0.4 is 4.90 Å². The zero-order valence-electron chi connectivity index (χ0n) is 29.6. The molecule has 0 aliphatic heterocycles. The largest absolute Gasteiger partial charge is 0.310 e. The van der Waals surface area contributed by atoms with Gasteiger partial charge in [0.25, 0.3) is 0 Å². The molecule has 0 saturated carbocycles. The molecule has 0 bridgehead atoms. The first-order chi connectivity index (χ1) is 24.5. The maximum Gasteiger partial charge on any atom is 0.0468 e. The number of hydrogen-bond acceptors (Lipinski definition) is 1. The van der Waals surface area contributed by atoms with E-state index in [0.29, 0.717) is 0 Å². The van der Waals surface area contributed by atoms with Gasteiger partial charge in [-0.3, -0.25) is 0 Å². The summed E-state index contributed by atoms with van der Waals surface area (Å²) in [6, 6.07) is 30.4. The molecule has 0 atom stereocenters. The van der Waals surface area contributed by atoms with Crippen LogP contribution in [0, 0.1) is 13.8 Å². The van der Waals surface area contributed by atoms with Crippen LogP contribution in [0.1, 0.15) is 53.1 Å². The van der Waals surface area contributed by atoms with Gasteiger partial charge in [0.15, 0.2) is 0 Å². The molecule has 1 aliphatic carbocycles. The van der Waals surface area contributed by atoms with Gasteiger partial charge in [-0.2, -0.15) is 0 Å². The highest BCUT2D eigenvalue weighted by Gasteiger charge is 2.19. The van der Waals surface area contributed by atoms with Crippen LogP contribution in [0.4, 0.5) is 11.4 Å². The van der Waals surface area contributed by atoms with Crippen LogP contribution in [-0.4, -0.2) is 0 Å². The monoisotopic (exact) mass is 649 g/mol. The van der Waals surface area contributed by atoms with Gasteiger partial charge in [0.1, 0.15) is 0 Å². The molecular formula is C49H47N. The Balaban J connectivity index is 1.70. The predicted molar refractivity (Wildman–Crippen MR) is 222 cm³/mol. The van der Waals surface area contributed by atoms with Crippen molar-refractivity contribution in [2.75, 3.05) is 4.90 Å². The van der Waals surface area contributed by atoms with Gasteiger partial charge in [0.05, 0.1) is 0 Å². The Morgan fingerprint density at radius 1 is 0.620 bits per heavy atom. The maximum absolute atomic E-state index is 4.16. The summed E-state index contributed by atoms with van der Waals surface area (Å²) < 4.78 is 0. The second-order valence-electron chi connectivity index (χ2n) is 12.2. The number of anilines is 2. The summed E-state index contributed by atoms with van der Waals surface area (Å²) in [7, 11) is 0. The molecule has 0 unspecified atom stereocenters. The van der Waals surface area contributed by atoms with Gasteiger partial charge in [-0.25, -0.2) is 0 Å². The fraction of sp³-hybridized carbons (Fsp3) is 0.102. The molecule has 50 heavy (non-hydrogen) atoms. The SMILES string of the molecule is C=C/C=C(\C=Cc1ccccc1/C=C/C=C\C=C/C)N(c1ccc(C)c(C2=CCCC=C2C=C)c1)c1ccc(C=C)c(-c2ccccc2C)c1. The third-order valence-electron chi connectivity index (χ3n) is 8.91.